The molecule has 0 unspecified atom stereocenters. The Morgan fingerprint density at radius 3 is 2.90 bits per heavy atom. The molecule has 3 N–H and O–H groups in total. The molecule has 2 aromatic rings. The molecule has 1 aliphatic rings. The number of nitrogens with zero attached hydrogens (tertiary/aromatic N) is 1. The molecule has 21 heavy (non-hydrogen) atoms. The fourth-order valence-electron chi connectivity index (χ4n) is 2.28. The molecular weight excluding hydrogens is 330 g/mol. The molecule has 0 bridgehead atoms. The standard InChI is InChI=1S/C13H14ClN3O2S2/c14-10-5-4-9(6-8(10)7-15)21(18,19)17-13-16-11-2-1-3-12(11)20-13/h4-6H,1-3,7,15H2,(H,16,17). The Hall–Kier alpha value is -1.15. The van der Waals surface area contributed by atoms with Crippen LogP contribution in [0.2, 0.25) is 5.02 Å². The lowest BCUT2D eigenvalue weighted by atomic mass is 10.2. The van der Waals surface area contributed by atoms with E-state index in [4.69, 9.17) is 17.3 Å². The lowest BCUT2D eigenvalue weighted by molar-refractivity contribution is 0.601. The van der Waals surface area contributed by atoms with Gasteiger partial charge in [0.05, 0.1) is 10.6 Å². The molecule has 5 nitrogen and oxygen atoms in total. The van der Waals surface area contributed by atoms with Crippen molar-refractivity contribution in [1.29, 1.82) is 0 Å². The molecule has 0 amide bonds. The number of aromatic nitrogens is 1. The van der Waals surface area contributed by atoms with Crippen molar-refractivity contribution < 1.29 is 8.42 Å². The molecule has 8 heteroatoms. The predicted molar refractivity (Wildman–Crippen MR) is 84.3 cm³/mol. The van der Waals surface area contributed by atoms with Crippen molar-refractivity contribution in [1.82, 2.24) is 4.98 Å². The van der Waals surface area contributed by atoms with E-state index in [0.29, 0.717) is 15.7 Å². The fraction of sp³-hybridized carbons (Fsp3) is 0.308. The number of aryl methyl sites for hydroxylation is 2. The summed E-state index contributed by atoms with van der Waals surface area (Å²) in [5, 5.41) is 0.883. The summed E-state index contributed by atoms with van der Waals surface area (Å²) in [7, 11) is -3.67. The van der Waals surface area contributed by atoms with Gasteiger partial charge in [0.15, 0.2) is 5.13 Å². The summed E-state index contributed by atoms with van der Waals surface area (Å²) in [6.45, 7) is 0.188. The summed E-state index contributed by atoms with van der Waals surface area (Å²) >= 11 is 7.36. The minimum absolute atomic E-state index is 0.141. The number of nitrogens with one attached hydrogen (secondary N) is 1. The summed E-state index contributed by atoms with van der Waals surface area (Å²) in [5.41, 5.74) is 7.16. The first-order valence-electron chi connectivity index (χ1n) is 6.49. The predicted octanol–water partition coefficient (Wildman–Crippen LogP) is 2.54. The number of thiazole rings is 1. The number of fused-ring (bicyclic) bond motifs is 1. The van der Waals surface area contributed by atoms with Gasteiger partial charge in [-0.2, -0.15) is 0 Å². The minimum atomic E-state index is -3.67. The maximum Gasteiger partial charge on any atom is 0.263 e. The Morgan fingerprint density at radius 2 is 2.19 bits per heavy atom. The van der Waals surface area contributed by atoms with Crippen LogP contribution >= 0.6 is 22.9 Å². The van der Waals surface area contributed by atoms with Gasteiger partial charge in [0.25, 0.3) is 10.0 Å². The third-order valence-corrected chi connectivity index (χ3v) is 6.27. The molecule has 1 aliphatic carbocycles. The van der Waals surface area contributed by atoms with Gasteiger partial charge in [0.1, 0.15) is 0 Å². The zero-order valence-electron chi connectivity index (χ0n) is 11.1. The Bertz CT molecular complexity index is 765. The highest BCUT2D eigenvalue weighted by Gasteiger charge is 2.21. The number of halogens is 1. The smallest absolute Gasteiger partial charge is 0.263 e. The van der Waals surface area contributed by atoms with Crippen molar-refractivity contribution >= 4 is 38.1 Å². The normalized spacial score (nSPS) is 14.2. The zero-order chi connectivity index (χ0) is 15.0. The number of rotatable bonds is 4. The second-order valence-corrected chi connectivity index (χ2v) is 7.98. The Morgan fingerprint density at radius 1 is 1.38 bits per heavy atom. The summed E-state index contributed by atoms with van der Waals surface area (Å²) in [6, 6.07) is 4.50. The van der Waals surface area contributed by atoms with Crippen LogP contribution in [0.25, 0.3) is 0 Å². The minimum Gasteiger partial charge on any atom is -0.326 e. The first kappa shape index (κ1) is 14.8. The summed E-state index contributed by atoms with van der Waals surface area (Å²) in [6.07, 6.45) is 3.00. The molecule has 0 spiro atoms. The number of hydrogen-bond acceptors (Lipinski definition) is 5. The first-order chi connectivity index (χ1) is 9.99. The molecule has 1 heterocycles. The second kappa shape index (κ2) is 5.57. The Kier molecular flexibility index (Phi) is 3.92. The van der Waals surface area contributed by atoms with Crippen molar-refractivity contribution in [3.05, 3.63) is 39.4 Å². The maximum atomic E-state index is 12.4. The highest BCUT2D eigenvalue weighted by atomic mass is 35.5. The van der Waals surface area contributed by atoms with E-state index in [-0.39, 0.29) is 11.4 Å². The fourth-order valence-corrected chi connectivity index (χ4v) is 4.81. The van der Waals surface area contributed by atoms with E-state index in [2.05, 4.69) is 9.71 Å². The van der Waals surface area contributed by atoms with Crippen LogP contribution in [0, 0.1) is 0 Å². The van der Waals surface area contributed by atoms with E-state index < -0.39 is 10.0 Å². The van der Waals surface area contributed by atoms with E-state index in [1.165, 1.54) is 28.3 Å². The van der Waals surface area contributed by atoms with Gasteiger partial charge < -0.3 is 5.73 Å². The molecule has 0 saturated heterocycles. The molecular formula is C13H14ClN3O2S2. The summed E-state index contributed by atoms with van der Waals surface area (Å²) in [5.74, 6) is 0. The first-order valence-corrected chi connectivity index (χ1v) is 9.17. The van der Waals surface area contributed by atoms with E-state index in [9.17, 15) is 8.42 Å². The number of benzene rings is 1. The lowest BCUT2D eigenvalue weighted by Crippen LogP contribution is -2.13. The van der Waals surface area contributed by atoms with Gasteiger partial charge in [0, 0.05) is 16.4 Å². The van der Waals surface area contributed by atoms with Crippen LogP contribution in [0.15, 0.2) is 23.1 Å². The summed E-state index contributed by atoms with van der Waals surface area (Å²) < 4.78 is 27.3. The molecule has 0 radical (unpaired) electrons. The molecule has 0 atom stereocenters. The van der Waals surface area contributed by atoms with Gasteiger partial charge in [-0.1, -0.05) is 11.6 Å². The van der Waals surface area contributed by atoms with Gasteiger partial charge in [-0.3, -0.25) is 4.72 Å². The topological polar surface area (TPSA) is 85.1 Å². The van der Waals surface area contributed by atoms with Crippen molar-refractivity contribution in [2.75, 3.05) is 4.72 Å². The average molecular weight is 344 g/mol. The largest absolute Gasteiger partial charge is 0.326 e. The SMILES string of the molecule is NCc1cc(S(=O)(=O)Nc2nc3c(s2)CCC3)ccc1Cl. The van der Waals surface area contributed by atoms with Crippen LogP contribution in [-0.4, -0.2) is 13.4 Å². The monoisotopic (exact) mass is 343 g/mol. The van der Waals surface area contributed by atoms with Crippen LogP contribution in [0.3, 0.4) is 0 Å². The summed E-state index contributed by atoms with van der Waals surface area (Å²) in [4.78, 5) is 5.65. The molecule has 3 rings (SSSR count). The van der Waals surface area contributed by atoms with Crippen LogP contribution in [0.4, 0.5) is 5.13 Å². The third-order valence-electron chi connectivity index (χ3n) is 3.36. The van der Waals surface area contributed by atoms with Gasteiger partial charge in [-0.15, -0.1) is 11.3 Å². The molecule has 0 saturated carbocycles. The van der Waals surface area contributed by atoms with E-state index >= 15 is 0 Å². The molecule has 0 fully saturated rings. The van der Waals surface area contributed by atoms with Crippen molar-refractivity contribution in [3.8, 4) is 0 Å². The van der Waals surface area contributed by atoms with Crippen molar-refractivity contribution in [2.24, 2.45) is 5.73 Å². The highest BCUT2D eigenvalue weighted by molar-refractivity contribution is 7.93. The van der Waals surface area contributed by atoms with Crippen molar-refractivity contribution in [3.63, 3.8) is 0 Å². The van der Waals surface area contributed by atoms with Crippen LogP contribution < -0.4 is 10.5 Å². The Labute approximate surface area is 132 Å². The Balaban J connectivity index is 1.89. The van der Waals surface area contributed by atoms with Gasteiger partial charge >= 0.3 is 0 Å². The molecule has 112 valence electrons. The molecule has 1 aromatic carbocycles. The van der Waals surface area contributed by atoms with Crippen LogP contribution in [0.1, 0.15) is 22.6 Å². The number of nitrogens with two attached hydrogens (primary N) is 1. The molecule has 0 aliphatic heterocycles. The van der Waals surface area contributed by atoms with E-state index in [1.54, 1.807) is 6.07 Å². The van der Waals surface area contributed by atoms with Crippen LogP contribution in [-0.2, 0) is 29.4 Å². The number of sulfonamides is 1. The number of hydrogen-bond donors (Lipinski definition) is 2. The quantitative estimate of drug-likeness (QED) is 0.893. The zero-order valence-corrected chi connectivity index (χ0v) is 13.5. The number of anilines is 1. The lowest BCUT2D eigenvalue weighted by Gasteiger charge is -2.08. The average Bonchev–Trinajstić information content (AvgIpc) is 2.99. The second-order valence-electron chi connectivity index (χ2n) is 4.81. The van der Waals surface area contributed by atoms with Gasteiger partial charge in [0.2, 0.25) is 0 Å². The van der Waals surface area contributed by atoms with Gasteiger partial charge in [-0.05, 0) is 43.0 Å². The van der Waals surface area contributed by atoms with Crippen molar-refractivity contribution in [2.45, 2.75) is 30.7 Å². The van der Waals surface area contributed by atoms with E-state index in [0.717, 1.165) is 25.0 Å². The third kappa shape index (κ3) is 2.91. The van der Waals surface area contributed by atoms with Crippen LogP contribution in [0.5, 0.6) is 0 Å². The van der Waals surface area contributed by atoms with Gasteiger partial charge in [-0.25, -0.2) is 13.4 Å². The van der Waals surface area contributed by atoms with E-state index in [1.807, 2.05) is 0 Å². The highest BCUT2D eigenvalue weighted by Crippen LogP contribution is 2.31. The maximum absolute atomic E-state index is 12.4. The molecule has 1 aromatic heterocycles.